The number of carbonyl (C=O) groups is 1. The van der Waals surface area contributed by atoms with Gasteiger partial charge in [-0.05, 0) is 86.1 Å². The van der Waals surface area contributed by atoms with Gasteiger partial charge in [0.15, 0.2) is 0 Å². The number of nitrogens with zero attached hydrogens (tertiary/aromatic N) is 1. The van der Waals surface area contributed by atoms with Crippen molar-refractivity contribution in [1.82, 2.24) is 4.90 Å². The van der Waals surface area contributed by atoms with Gasteiger partial charge in [-0.25, -0.2) is 8.42 Å². The first-order valence-corrected chi connectivity index (χ1v) is 13.0. The Hall–Kier alpha value is -3.37. The minimum absolute atomic E-state index is 0.153. The first-order valence-electron chi connectivity index (χ1n) is 11.5. The summed E-state index contributed by atoms with van der Waals surface area (Å²) in [6.07, 6.45) is -0.895. The number of amides is 1. The molecule has 10 heteroatoms. The highest BCUT2D eigenvalue weighted by molar-refractivity contribution is 7.92. The number of hydrogen-bond acceptors (Lipinski definition) is 4. The lowest BCUT2D eigenvalue weighted by Gasteiger charge is -2.26. The van der Waals surface area contributed by atoms with Gasteiger partial charge < -0.3 is 5.32 Å². The van der Waals surface area contributed by atoms with E-state index in [-0.39, 0.29) is 16.5 Å². The van der Waals surface area contributed by atoms with Crippen molar-refractivity contribution in [2.45, 2.75) is 36.9 Å². The molecular formula is C26H26F3N3O3S. The molecule has 1 fully saturated rings. The molecule has 0 bridgehead atoms. The Bertz CT molecular complexity index is 1300. The number of benzene rings is 3. The number of alkyl halides is 3. The quantitative estimate of drug-likeness (QED) is 0.419. The normalized spacial score (nSPS) is 14.9. The molecule has 0 radical (unpaired) electrons. The van der Waals surface area contributed by atoms with Gasteiger partial charge in [-0.1, -0.05) is 24.6 Å². The van der Waals surface area contributed by atoms with Crippen molar-refractivity contribution >= 4 is 27.3 Å². The number of likely N-dealkylation sites (tertiary alicyclic amines) is 1. The zero-order valence-electron chi connectivity index (χ0n) is 19.4. The lowest BCUT2D eigenvalue weighted by molar-refractivity contribution is -0.137. The summed E-state index contributed by atoms with van der Waals surface area (Å²) in [5.41, 5.74) is 0.832. The molecule has 0 spiro atoms. The standard InChI is InChI=1S/C26H26F3N3O3S/c27-26(28,29)21-5-4-6-23(17-21)31-36(34,35)24-13-11-22(12-14-24)30-25(33)20-9-7-19(8-10-20)18-32-15-2-1-3-16-32/h4-14,17,31H,1-3,15-16,18H2,(H,30,33). The predicted octanol–water partition coefficient (Wildman–Crippen LogP) is 5.74. The fraction of sp³-hybridized carbons (Fsp3) is 0.269. The minimum atomic E-state index is -4.59. The predicted molar refractivity (Wildman–Crippen MR) is 132 cm³/mol. The van der Waals surface area contributed by atoms with E-state index in [1.165, 1.54) is 49.6 Å². The molecule has 0 saturated carbocycles. The number of anilines is 2. The molecule has 2 N–H and O–H groups in total. The smallest absolute Gasteiger partial charge is 0.322 e. The van der Waals surface area contributed by atoms with Crippen LogP contribution in [0, 0.1) is 0 Å². The van der Waals surface area contributed by atoms with Gasteiger partial charge >= 0.3 is 6.18 Å². The molecule has 3 aromatic carbocycles. The second-order valence-electron chi connectivity index (χ2n) is 8.70. The van der Waals surface area contributed by atoms with Crippen molar-refractivity contribution in [3.63, 3.8) is 0 Å². The molecule has 1 heterocycles. The molecular weight excluding hydrogens is 491 g/mol. The van der Waals surface area contributed by atoms with Crippen LogP contribution in [0.4, 0.5) is 24.5 Å². The Morgan fingerprint density at radius 2 is 1.53 bits per heavy atom. The van der Waals surface area contributed by atoms with E-state index in [9.17, 15) is 26.4 Å². The SMILES string of the molecule is O=C(Nc1ccc(S(=O)(=O)Nc2cccc(C(F)(F)F)c2)cc1)c1ccc(CN2CCCCC2)cc1. The number of carbonyl (C=O) groups excluding carboxylic acids is 1. The highest BCUT2D eigenvalue weighted by atomic mass is 32.2. The maximum absolute atomic E-state index is 12.9. The van der Waals surface area contributed by atoms with Gasteiger partial charge in [0.1, 0.15) is 0 Å². The van der Waals surface area contributed by atoms with Crippen LogP contribution in [0.2, 0.25) is 0 Å². The zero-order valence-corrected chi connectivity index (χ0v) is 20.2. The zero-order chi connectivity index (χ0) is 25.8. The number of nitrogens with one attached hydrogen (secondary N) is 2. The number of sulfonamides is 1. The van der Waals surface area contributed by atoms with Crippen LogP contribution < -0.4 is 10.0 Å². The Morgan fingerprint density at radius 1 is 0.861 bits per heavy atom. The van der Waals surface area contributed by atoms with Crippen molar-refractivity contribution < 1.29 is 26.4 Å². The van der Waals surface area contributed by atoms with E-state index in [2.05, 4.69) is 14.9 Å². The summed E-state index contributed by atoms with van der Waals surface area (Å²) in [7, 11) is -4.12. The van der Waals surface area contributed by atoms with E-state index in [0.717, 1.165) is 43.4 Å². The lowest BCUT2D eigenvalue weighted by Crippen LogP contribution is -2.29. The Labute approximate surface area is 208 Å². The fourth-order valence-corrected chi connectivity index (χ4v) is 5.08. The molecule has 0 aromatic heterocycles. The molecule has 36 heavy (non-hydrogen) atoms. The fourth-order valence-electron chi connectivity index (χ4n) is 4.03. The molecule has 4 rings (SSSR count). The first kappa shape index (κ1) is 25.7. The highest BCUT2D eigenvalue weighted by Crippen LogP contribution is 2.31. The third kappa shape index (κ3) is 6.64. The Morgan fingerprint density at radius 3 is 2.17 bits per heavy atom. The lowest BCUT2D eigenvalue weighted by atomic mass is 10.1. The number of hydrogen-bond donors (Lipinski definition) is 2. The number of halogens is 3. The van der Waals surface area contributed by atoms with E-state index in [1.807, 2.05) is 12.1 Å². The molecule has 1 aliphatic heterocycles. The summed E-state index contributed by atoms with van der Waals surface area (Å²) in [4.78, 5) is 14.9. The Balaban J connectivity index is 1.37. The van der Waals surface area contributed by atoms with Crippen LogP contribution in [0.1, 0.15) is 40.7 Å². The van der Waals surface area contributed by atoms with Crippen LogP contribution in [0.3, 0.4) is 0 Å². The van der Waals surface area contributed by atoms with Gasteiger partial charge in [-0.3, -0.25) is 14.4 Å². The van der Waals surface area contributed by atoms with Crippen molar-refractivity contribution in [3.05, 3.63) is 89.5 Å². The third-order valence-corrected chi connectivity index (χ3v) is 7.33. The van der Waals surface area contributed by atoms with E-state index in [1.54, 1.807) is 12.1 Å². The molecule has 6 nitrogen and oxygen atoms in total. The van der Waals surface area contributed by atoms with E-state index in [4.69, 9.17) is 0 Å². The summed E-state index contributed by atoms with van der Waals surface area (Å²) in [6.45, 7) is 3.03. The third-order valence-electron chi connectivity index (χ3n) is 5.94. The maximum atomic E-state index is 12.9. The summed E-state index contributed by atoms with van der Waals surface area (Å²) < 4.78 is 66.1. The van der Waals surface area contributed by atoms with E-state index >= 15 is 0 Å². The van der Waals surface area contributed by atoms with Crippen LogP contribution >= 0.6 is 0 Å². The number of rotatable bonds is 7. The minimum Gasteiger partial charge on any atom is -0.322 e. The van der Waals surface area contributed by atoms with Crippen molar-refractivity contribution in [3.8, 4) is 0 Å². The van der Waals surface area contributed by atoms with Gasteiger partial charge in [0.05, 0.1) is 10.5 Å². The monoisotopic (exact) mass is 517 g/mol. The molecule has 0 aliphatic carbocycles. The average Bonchev–Trinajstić information content (AvgIpc) is 2.85. The van der Waals surface area contributed by atoms with Crippen LogP contribution in [0.25, 0.3) is 0 Å². The first-order chi connectivity index (χ1) is 17.1. The summed E-state index contributed by atoms with van der Waals surface area (Å²) in [5, 5.41) is 2.72. The molecule has 1 amide bonds. The number of piperidine rings is 1. The van der Waals surface area contributed by atoms with Crippen molar-refractivity contribution in [2.24, 2.45) is 0 Å². The van der Waals surface area contributed by atoms with Crippen molar-refractivity contribution in [1.29, 1.82) is 0 Å². The summed E-state index contributed by atoms with van der Waals surface area (Å²) in [5.74, 6) is -0.336. The Kier molecular flexibility index (Phi) is 7.65. The van der Waals surface area contributed by atoms with Gasteiger partial charge in [-0.15, -0.1) is 0 Å². The van der Waals surface area contributed by atoms with Gasteiger partial charge in [-0.2, -0.15) is 13.2 Å². The van der Waals surface area contributed by atoms with Gasteiger partial charge in [0.25, 0.3) is 15.9 Å². The topological polar surface area (TPSA) is 78.5 Å². The van der Waals surface area contributed by atoms with E-state index < -0.39 is 21.8 Å². The maximum Gasteiger partial charge on any atom is 0.416 e. The largest absolute Gasteiger partial charge is 0.416 e. The molecule has 0 unspecified atom stereocenters. The van der Waals surface area contributed by atoms with E-state index in [0.29, 0.717) is 11.3 Å². The van der Waals surface area contributed by atoms with Gasteiger partial charge in [0.2, 0.25) is 0 Å². The molecule has 1 saturated heterocycles. The van der Waals surface area contributed by atoms with Crippen LogP contribution in [0.15, 0.2) is 77.7 Å². The molecule has 1 aliphatic rings. The highest BCUT2D eigenvalue weighted by Gasteiger charge is 2.30. The van der Waals surface area contributed by atoms with Crippen LogP contribution in [-0.2, 0) is 22.7 Å². The second kappa shape index (κ2) is 10.7. The molecule has 3 aromatic rings. The summed E-state index contributed by atoms with van der Waals surface area (Å²) in [6, 6.07) is 16.7. The summed E-state index contributed by atoms with van der Waals surface area (Å²) >= 11 is 0. The van der Waals surface area contributed by atoms with Crippen molar-refractivity contribution in [2.75, 3.05) is 23.1 Å². The van der Waals surface area contributed by atoms with Gasteiger partial charge in [0, 0.05) is 23.5 Å². The molecule has 190 valence electrons. The van der Waals surface area contributed by atoms with Crippen LogP contribution in [-0.4, -0.2) is 32.3 Å². The average molecular weight is 518 g/mol. The second-order valence-corrected chi connectivity index (χ2v) is 10.4. The van der Waals surface area contributed by atoms with Crippen LogP contribution in [0.5, 0.6) is 0 Å². The molecule has 0 atom stereocenters.